The summed E-state index contributed by atoms with van der Waals surface area (Å²) in [5.41, 5.74) is 1.78. The third-order valence-corrected chi connectivity index (χ3v) is 6.68. The first-order chi connectivity index (χ1) is 16.9. The van der Waals surface area contributed by atoms with Gasteiger partial charge in [-0.1, -0.05) is 49.4 Å². The number of carbonyl (C=O) groups excluding carboxylic acids is 2. The maximum absolute atomic E-state index is 13.3. The van der Waals surface area contributed by atoms with E-state index in [1.54, 1.807) is 48.8 Å². The number of hydrogen-bond donors (Lipinski definition) is 1. The second kappa shape index (κ2) is 9.31. The van der Waals surface area contributed by atoms with Crippen LogP contribution in [0.3, 0.4) is 0 Å². The molecule has 0 spiro atoms. The van der Waals surface area contributed by atoms with E-state index < -0.39 is 17.7 Å². The van der Waals surface area contributed by atoms with Crippen molar-refractivity contribution < 1.29 is 19.4 Å². The molecular weight excluding hydrogens is 462 g/mol. The number of carbonyl (C=O) groups is 2. The topological polar surface area (TPSA) is 92.6 Å². The highest BCUT2D eigenvalue weighted by atomic mass is 32.1. The number of hydrogen-bond acceptors (Lipinski definition) is 7. The Hall–Kier alpha value is -4.04. The first-order valence-corrected chi connectivity index (χ1v) is 12.1. The number of ether oxygens (including phenoxy) is 1. The number of Topliss-reactive ketones (excluding diaryl/α,β-unsaturated/α-hetero) is 1. The Morgan fingerprint density at radius 2 is 1.86 bits per heavy atom. The van der Waals surface area contributed by atoms with Crippen LogP contribution in [0.25, 0.3) is 16.0 Å². The Balaban J connectivity index is 1.64. The number of anilines is 1. The summed E-state index contributed by atoms with van der Waals surface area (Å²) < 4.78 is 6.69. The minimum Gasteiger partial charge on any atom is -0.507 e. The van der Waals surface area contributed by atoms with Crippen molar-refractivity contribution in [3.63, 3.8) is 0 Å². The number of aliphatic hydroxyl groups is 1. The summed E-state index contributed by atoms with van der Waals surface area (Å²) >= 11 is 1.32. The smallest absolute Gasteiger partial charge is 0.301 e. The molecule has 35 heavy (non-hydrogen) atoms. The zero-order valence-corrected chi connectivity index (χ0v) is 20.0. The van der Waals surface area contributed by atoms with Crippen molar-refractivity contribution in [1.29, 1.82) is 0 Å². The molecule has 7 nitrogen and oxygen atoms in total. The summed E-state index contributed by atoms with van der Waals surface area (Å²) in [6.45, 7) is 4.60. The summed E-state index contributed by atoms with van der Waals surface area (Å²) in [5.74, 6) is -0.859. The number of benzene rings is 2. The SMILES string of the molecule is CC(C)COc1cccc(/C(O)=C2\C(=O)C(=O)N(c3nc4ccccc4s3)C2c2ccncc2)c1. The average Bonchev–Trinajstić information content (AvgIpc) is 3.41. The summed E-state index contributed by atoms with van der Waals surface area (Å²) in [5, 5.41) is 11.7. The highest BCUT2D eigenvalue weighted by Crippen LogP contribution is 2.44. The predicted octanol–water partition coefficient (Wildman–Crippen LogP) is 5.35. The molecule has 1 aliphatic heterocycles. The second-order valence-corrected chi connectivity index (χ2v) is 9.66. The van der Waals surface area contributed by atoms with Crippen molar-refractivity contribution in [3.8, 4) is 5.75 Å². The maximum Gasteiger partial charge on any atom is 0.301 e. The Kier molecular flexibility index (Phi) is 6.05. The van der Waals surface area contributed by atoms with Crippen LogP contribution in [0.4, 0.5) is 5.13 Å². The number of thiazole rings is 1. The van der Waals surface area contributed by atoms with Crippen molar-refractivity contribution in [2.75, 3.05) is 11.5 Å². The van der Waals surface area contributed by atoms with E-state index in [4.69, 9.17) is 4.74 Å². The number of fused-ring (bicyclic) bond motifs is 1. The fraction of sp³-hybridized carbons (Fsp3) is 0.185. The molecule has 8 heteroatoms. The van der Waals surface area contributed by atoms with Gasteiger partial charge in [-0.15, -0.1) is 0 Å². The molecule has 176 valence electrons. The molecule has 1 atom stereocenters. The lowest BCUT2D eigenvalue weighted by Gasteiger charge is -2.22. The lowest BCUT2D eigenvalue weighted by molar-refractivity contribution is -0.132. The van der Waals surface area contributed by atoms with Crippen LogP contribution < -0.4 is 9.64 Å². The Bertz CT molecular complexity index is 1410. The number of nitrogens with zero attached hydrogens (tertiary/aromatic N) is 3. The molecule has 0 radical (unpaired) electrons. The van der Waals surface area contributed by atoms with Gasteiger partial charge in [0, 0.05) is 18.0 Å². The zero-order valence-electron chi connectivity index (χ0n) is 19.2. The molecule has 1 saturated heterocycles. The average molecular weight is 486 g/mol. The van der Waals surface area contributed by atoms with Gasteiger partial charge in [-0.25, -0.2) is 4.98 Å². The monoisotopic (exact) mass is 485 g/mol. The number of aliphatic hydroxyl groups excluding tert-OH is 1. The standard InChI is InChI=1S/C27H23N3O4S/c1-16(2)15-34-19-7-5-6-18(14-19)24(31)22-23(17-10-12-28-13-11-17)30(26(33)25(22)32)27-29-20-8-3-4-9-21(20)35-27/h3-14,16,23,31H,15H2,1-2H3/b24-22+. The molecule has 1 fully saturated rings. The van der Waals surface area contributed by atoms with Crippen molar-refractivity contribution >= 4 is 44.1 Å². The van der Waals surface area contributed by atoms with E-state index in [1.807, 2.05) is 38.1 Å². The third kappa shape index (κ3) is 4.28. The van der Waals surface area contributed by atoms with Gasteiger partial charge in [0.15, 0.2) is 5.13 Å². The number of aromatic nitrogens is 2. The van der Waals surface area contributed by atoms with Crippen LogP contribution in [0.5, 0.6) is 5.75 Å². The van der Waals surface area contributed by atoms with Gasteiger partial charge < -0.3 is 9.84 Å². The van der Waals surface area contributed by atoms with E-state index in [1.165, 1.54) is 16.2 Å². The van der Waals surface area contributed by atoms with Gasteiger partial charge >= 0.3 is 5.91 Å². The van der Waals surface area contributed by atoms with E-state index in [-0.39, 0.29) is 11.3 Å². The number of para-hydroxylation sites is 1. The summed E-state index contributed by atoms with van der Waals surface area (Å²) in [6.07, 6.45) is 3.18. The fourth-order valence-corrected chi connectivity index (χ4v) is 5.00. The van der Waals surface area contributed by atoms with Gasteiger partial charge in [0.25, 0.3) is 5.78 Å². The Morgan fingerprint density at radius 3 is 2.60 bits per heavy atom. The molecule has 3 heterocycles. The highest BCUT2D eigenvalue weighted by Gasteiger charge is 2.48. The van der Waals surface area contributed by atoms with Gasteiger partial charge in [0.2, 0.25) is 0 Å². The van der Waals surface area contributed by atoms with E-state index in [2.05, 4.69) is 9.97 Å². The molecule has 2 aromatic carbocycles. The Labute approximate surface area is 206 Å². The lowest BCUT2D eigenvalue weighted by Crippen LogP contribution is -2.29. The highest BCUT2D eigenvalue weighted by molar-refractivity contribution is 7.22. The number of rotatable bonds is 6. The summed E-state index contributed by atoms with van der Waals surface area (Å²) in [7, 11) is 0. The van der Waals surface area contributed by atoms with E-state index in [9.17, 15) is 14.7 Å². The van der Waals surface area contributed by atoms with Crippen molar-refractivity contribution in [3.05, 3.63) is 89.8 Å². The maximum atomic E-state index is 13.3. The minimum atomic E-state index is -0.848. The molecular formula is C27H23N3O4S. The largest absolute Gasteiger partial charge is 0.507 e. The fourth-order valence-electron chi connectivity index (χ4n) is 4.01. The van der Waals surface area contributed by atoms with Gasteiger partial charge in [-0.3, -0.25) is 19.5 Å². The van der Waals surface area contributed by atoms with Crippen LogP contribution in [0.1, 0.15) is 31.0 Å². The van der Waals surface area contributed by atoms with Crippen molar-refractivity contribution in [2.45, 2.75) is 19.9 Å². The molecule has 0 bridgehead atoms. The number of amides is 1. The van der Waals surface area contributed by atoms with E-state index in [0.717, 1.165) is 10.2 Å². The molecule has 0 aliphatic carbocycles. The third-order valence-electron chi connectivity index (χ3n) is 5.65. The predicted molar refractivity (Wildman–Crippen MR) is 135 cm³/mol. The van der Waals surface area contributed by atoms with Gasteiger partial charge in [0.1, 0.15) is 11.5 Å². The number of pyridine rings is 1. The van der Waals surface area contributed by atoms with Crippen molar-refractivity contribution in [2.24, 2.45) is 5.92 Å². The summed E-state index contributed by atoms with van der Waals surface area (Å²) in [6, 6.07) is 17.0. The molecule has 1 aliphatic rings. The molecule has 0 saturated carbocycles. The molecule has 1 unspecified atom stereocenters. The van der Waals surface area contributed by atoms with Crippen LogP contribution in [0, 0.1) is 5.92 Å². The first kappa shape index (κ1) is 22.7. The molecule has 1 amide bonds. The second-order valence-electron chi connectivity index (χ2n) is 8.65. The minimum absolute atomic E-state index is 0.00136. The van der Waals surface area contributed by atoms with Crippen LogP contribution in [0.2, 0.25) is 0 Å². The summed E-state index contributed by atoms with van der Waals surface area (Å²) in [4.78, 5) is 36.7. The normalized spacial score (nSPS) is 17.5. The zero-order chi connectivity index (χ0) is 24.5. The van der Waals surface area contributed by atoms with Gasteiger partial charge in [0.05, 0.1) is 28.4 Å². The first-order valence-electron chi connectivity index (χ1n) is 11.2. The molecule has 1 N–H and O–H groups in total. The molecule has 2 aromatic heterocycles. The van der Waals surface area contributed by atoms with Gasteiger partial charge in [-0.2, -0.15) is 0 Å². The van der Waals surface area contributed by atoms with E-state index >= 15 is 0 Å². The van der Waals surface area contributed by atoms with Crippen LogP contribution in [0.15, 0.2) is 78.6 Å². The Morgan fingerprint density at radius 1 is 1.09 bits per heavy atom. The molecule has 5 rings (SSSR count). The quantitative estimate of drug-likeness (QED) is 0.225. The van der Waals surface area contributed by atoms with Gasteiger partial charge in [-0.05, 0) is 47.9 Å². The molecule has 4 aromatic rings. The van der Waals surface area contributed by atoms with E-state index in [0.29, 0.717) is 34.5 Å². The number of ketones is 1. The van der Waals surface area contributed by atoms with Crippen LogP contribution in [-0.2, 0) is 9.59 Å². The van der Waals surface area contributed by atoms with Crippen LogP contribution >= 0.6 is 11.3 Å². The lowest BCUT2D eigenvalue weighted by atomic mass is 9.96. The van der Waals surface area contributed by atoms with Crippen molar-refractivity contribution in [1.82, 2.24) is 9.97 Å². The van der Waals surface area contributed by atoms with Crippen LogP contribution in [-0.4, -0.2) is 33.4 Å².